The Hall–Kier alpha value is -2.47. The quantitative estimate of drug-likeness (QED) is 0.511. The SMILES string of the molecule is CC[C@@H](C(=O)NC1CCCCC1)N(Cc1cccc(OC)c1)C(=O)CSc1ccccc1. The van der Waals surface area contributed by atoms with Crippen molar-refractivity contribution in [1.82, 2.24) is 10.2 Å². The molecule has 0 spiro atoms. The van der Waals surface area contributed by atoms with Gasteiger partial charge in [-0.25, -0.2) is 0 Å². The Bertz CT molecular complexity index is 868. The van der Waals surface area contributed by atoms with Crippen LogP contribution >= 0.6 is 11.8 Å². The van der Waals surface area contributed by atoms with Gasteiger partial charge in [0.15, 0.2) is 0 Å². The molecule has 0 aliphatic heterocycles. The second-order valence-electron chi connectivity index (χ2n) is 8.24. The van der Waals surface area contributed by atoms with Crippen LogP contribution in [0.1, 0.15) is 51.0 Å². The molecule has 1 aliphatic rings. The Morgan fingerprint density at radius 3 is 2.53 bits per heavy atom. The lowest BCUT2D eigenvalue weighted by Crippen LogP contribution is -2.52. The van der Waals surface area contributed by atoms with Crippen LogP contribution in [0.25, 0.3) is 0 Å². The third-order valence-corrected chi connectivity index (χ3v) is 6.93. The molecule has 32 heavy (non-hydrogen) atoms. The first-order valence-corrected chi connectivity index (χ1v) is 12.5. The van der Waals surface area contributed by atoms with E-state index in [9.17, 15) is 9.59 Å². The summed E-state index contributed by atoms with van der Waals surface area (Å²) < 4.78 is 5.35. The summed E-state index contributed by atoms with van der Waals surface area (Å²) in [4.78, 5) is 29.4. The van der Waals surface area contributed by atoms with Gasteiger partial charge >= 0.3 is 0 Å². The summed E-state index contributed by atoms with van der Waals surface area (Å²) in [6.45, 7) is 2.35. The van der Waals surface area contributed by atoms with Crippen LogP contribution in [0, 0.1) is 0 Å². The summed E-state index contributed by atoms with van der Waals surface area (Å²) in [7, 11) is 1.63. The maximum absolute atomic E-state index is 13.4. The predicted octanol–water partition coefficient (Wildman–Crippen LogP) is 5.04. The van der Waals surface area contributed by atoms with Gasteiger partial charge in [0, 0.05) is 17.5 Å². The molecule has 1 fully saturated rings. The Morgan fingerprint density at radius 2 is 1.84 bits per heavy atom. The molecule has 2 aromatic carbocycles. The average molecular weight is 455 g/mol. The van der Waals surface area contributed by atoms with Gasteiger partial charge in [0.05, 0.1) is 12.9 Å². The van der Waals surface area contributed by atoms with Gasteiger partial charge in [-0.1, -0.05) is 56.5 Å². The summed E-state index contributed by atoms with van der Waals surface area (Å²) in [5.74, 6) is 0.960. The van der Waals surface area contributed by atoms with Crippen molar-refractivity contribution in [2.75, 3.05) is 12.9 Å². The van der Waals surface area contributed by atoms with Gasteiger partial charge in [0.1, 0.15) is 11.8 Å². The molecular formula is C26H34N2O3S. The van der Waals surface area contributed by atoms with Gasteiger partial charge in [0.25, 0.3) is 0 Å². The Morgan fingerprint density at radius 1 is 1.09 bits per heavy atom. The van der Waals surface area contributed by atoms with Gasteiger partial charge in [-0.3, -0.25) is 9.59 Å². The standard InChI is InChI=1S/C26H34N2O3S/c1-3-24(26(30)27-21-12-6-4-7-13-21)28(18-20-11-10-14-22(17-20)31-2)25(29)19-32-23-15-8-5-9-16-23/h5,8-11,14-17,21,24H,3-4,6-7,12-13,18-19H2,1-2H3,(H,27,30)/t24-/m0/s1. The highest BCUT2D eigenvalue weighted by Gasteiger charge is 2.30. The van der Waals surface area contributed by atoms with E-state index in [0.29, 0.717) is 18.7 Å². The molecule has 1 aliphatic carbocycles. The highest BCUT2D eigenvalue weighted by Crippen LogP contribution is 2.22. The smallest absolute Gasteiger partial charge is 0.243 e. The van der Waals surface area contributed by atoms with Crippen molar-refractivity contribution >= 4 is 23.6 Å². The molecule has 2 amide bonds. The van der Waals surface area contributed by atoms with Crippen LogP contribution in [0.5, 0.6) is 5.75 Å². The van der Waals surface area contributed by atoms with Crippen molar-refractivity contribution in [3.05, 3.63) is 60.2 Å². The fourth-order valence-corrected chi connectivity index (χ4v) is 4.98. The first-order chi connectivity index (χ1) is 15.6. The number of rotatable bonds is 10. The number of nitrogens with zero attached hydrogens (tertiary/aromatic N) is 1. The molecule has 0 unspecified atom stereocenters. The second-order valence-corrected chi connectivity index (χ2v) is 9.29. The summed E-state index contributed by atoms with van der Waals surface area (Å²) in [6, 6.07) is 17.3. The van der Waals surface area contributed by atoms with Crippen LogP contribution in [0.2, 0.25) is 0 Å². The monoisotopic (exact) mass is 454 g/mol. The molecule has 0 bridgehead atoms. The molecule has 6 heteroatoms. The lowest BCUT2D eigenvalue weighted by molar-refractivity contribution is -0.139. The maximum Gasteiger partial charge on any atom is 0.243 e. The number of hydrogen-bond donors (Lipinski definition) is 1. The van der Waals surface area contributed by atoms with E-state index in [1.54, 1.807) is 12.0 Å². The normalized spacial score (nSPS) is 15.1. The van der Waals surface area contributed by atoms with E-state index in [-0.39, 0.29) is 17.9 Å². The third kappa shape index (κ3) is 7.02. The first kappa shape index (κ1) is 24.2. The number of methoxy groups -OCH3 is 1. The van der Waals surface area contributed by atoms with Gasteiger partial charge in [-0.2, -0.15) is 0 Å². The number of ether oxygens (including phenoxy) is 1. The van der Waals surface area contributed by atoms with Crippen LogP contribution < -0.4 is 10.1 Å². The summed E-state index contributed by atoms with van der Waals surface area (Å²) in [6.07, 6.45) is 6.17. The van der Waals surface area contributed by atoms with E-state index < -0.39 is 6.04 Å². The number of carbonyl (C=O) groups excluding carboxylic acids is 2. The molecule has 0 radical (unpaired) electrons. The number of hydrogen-bond acceptors (Lipinski definition) is 4. The number of carbonyl (C=O) groups is 2. The van der Waals surface area contributed by atoms with E-state index in [2.05, 4.69) is 5.32 Å². The molecule has 5 nitrogen and oxygen atoms in total. The van der Waals surface area contributed by atoms with E-state index in [0.717, 1.165) is 41.9 Å². The van der Waals surface area contributed by atoms with Crippen molar-refractivity contribution in [2.24, 2.45) is 0 Å². The zero-order valence-electron chi connectivity index (χ0n) is 19.1. The number of amides is 2. The molecule has 2 aromatic rings. The largest absolute Gasteiger partial charge is 0.497 e. The van der Waals surface area contributed by atoms with Gasteiger partial charge in [-0.05, 0) is 49.1 Å². The van der Waals surface area contributed by atoms with Gasteiger partial charge < -0.3 is 15.0 Å². The fraction of sp³-hybridized carbons (Fsp3) is 0.462. The molecule has 0 heterocycles. The fourth-order valence-electron chi connectivity index (χ4n) is 4.18. The second kappa shape index (κ2) is 12.5. The van der Waals surface area contributed by atoms with Gasteiger partial charge in [-0.15, -0.1) is 11.8 Å². The van der Waals surface area contributed by atoms with E-state index in [1.807, 2.05) is 61.5 Å². The van der Waals surface area contributed by atoms with Crippen LogP contribution in [0.15, 0.2) is 59.5 Å². The van der Waals surface area contributed by atoms with Gasteiger partial charge in [0.2, 0.25) is 11.8 Å². The lowest BCUT2D eigenvalue weighted by Gasteiger charge is -2.32. The minimum absolute atomic E-state index is 0.0349. The molecule has 3 rings (SSSR count). The molecule has 172 valence electrons. The number of thioether (sulfide) groups is 1. The van der Waals surface area contributed by atoms with E-state index in [1.165, 1.54) is 18.2 Å². The minimum Gasteiger partial charge on any atom is -0.497 e. The van der Waals surface area contributed by atoms with E-state index in [4.69, 9.17) is 4.74 Å². The van der Waals surface area contributed by atoms with E-state index >= 15 is 0 Å². The van der Waals surface area contributed by atoms with Crippen molar-refractivity contribution < 1.29 is 14.3 Å². The number of nitrogens with one attached hydrogen (secondary N) is 1. The topological polar surface area (TPSA) is 58.6 Å². The van der Waals surface area contributed by atoms with Crippen molar-refractivity contribution in [3.63, 3.8) is 0 Å². The summed E-state index contributed by atoms with van der Waals surface area (Å²) in [5, 5.41) is 3.22. The number of benzene rings is 2. The summed E-state index contributed by atoms with van der Waals surface area (Å²) in [5.41, 5.74) is 0.950. The van der Waals surface area contributed by atoms with Crippen molar-refractivity contribution in [1.29, 1.82) is 0 Å². The minimum atomic E-state index is -0.494. The van der Waals surface area contributed by atoms with Crippen LogP contribution in [-0.2, 0) is 16.1 Å². The molecule has 0 aromatic heterocycles. The van der Waals surface area contributed by atoms with Crippen LogP contribution in [0.3, 0.4) is 0 Å². The Kier molecular flexibility index (Phi) is 9.47. The molecule has 1 atom stereocenters. The summed E-state index contributed by atoms with van der Waals surface area (Å²) >= 11 is 1.50. The zero-order chi connectivity index (χ0) is 22.8. The Labute approximate surface area is 195 Å². The molecular weight excluding hydrogens is 420 g/mol. The average Bonchev–Trinajstić information content (AvgIpc) is 2.83. The van der Waals surface area contributed by atoms with Crippen molar-refractivity contribution in [3.8, 4) is 5.75 Å². The van der Waals surface area contributed by atoms with Crippen LogP contribution in [0.4, 0.5) is 0 Å². The highest BCUT2D eigenvalue weighted by molar-refractivity contribution is 8.00. The molecule has 0 saturated heterocycles. The Balaban J connectivity index is 1.76. The highest BCUT2D eigenvalue weighted by atomic mass is 32.2. The van der Waals surface area contributed by atoms with Crippen LogP contribution in [-0.4, -0.2) is 41.7 Å². The molecule has 1 N–H and O–H groups in total. The van der Waals surface area contributed by atoms with Crippen molar-refractivity contribution in [2.45, 2.75) is 69.0 Å². The lowest BCUT2D eigenvalue weighted by atomic mass is 9.95. The first-order valence-electron chi connectivity index (χ1n) is 11.5. The third-order valence-electron chi connectivity index (χ3n) is 5.93. The molecule has 1 saturated carbocycles. The predicted molar refractivity (Wildman–Crippen MR) is 130 cm³/mol. The zero-order valence-corrected chi connectivity index (χ0v) is 19.9. The maximum atomic E-state index is 13.4.